The topological polar surface area (TPSA) is 83.8 Å². The molecule has 0 spiro atoms. The summed E-state index contributed by atoms with van der Waals surface area (Å²) in [5.41, 5.74) is 0.910. The van der Waals surface area contributed by atoms with Gasteiger partial charge in [0.25, 0.3) is 0 Å². The van der Waals surface area contributed by atoms with Crippen LogP contribution in [0.25, 0.3) is 0 Å². The van der Waals surface area contributed by atoms with Gasteiger partial charge < -0.3 is 19.8 Å². The molecule has 0 bridgehead atoms. The first-order chi connectivity index (χ1) is 13.1. The van der Waals surface area contributed by atoms with Gasteiger partial charge in [-0.3, -0.25) is 4.90 Å². The number of esters is 1. The summed E-state index contributed by atoms with van der Waals surface area (Å²) in [6.45, 7) is 5.98. The number of carbonyl (C=O) groups excluding carboxylic acids is 2. The van der Waals surface area contributed by atoms with Crippen LogP contribution < -0.4 is 10.6 Å². The molecule has 0 saturated carbocycles. The maximum absolute atomic E-state index is 12.7. The zero-order valence-corrected chi connectivity index (χ0v) is 16.2. The Balaban J connectivity index is 1.93. The first-order valence-electron chi connectivity index (χ1n) is 8.88. The molecule has 2 N–H and O–H groups in total. The van der Waals surface area contributed by atoms with Crippen LogP contribution in [0.15, 0.2) is 51.6 Å². The number of urea groups is 1. The molecule has 3 heterocycles. The van der Waals surface area contributed by atoms with Crippen molar-refractivity contribution < 1.29 is 18.7 Å². The number of thiophene rings is 1. The summed E-state index contributed by atoms with van der Waals surface area (Å²) in [4.78, 5) is 28.3. The number of likely N-dealkylation sites (N-methyl/N-ethyl adjacent to an activating group) is 1. The van der Waals surface area contributed by atoms with E-state index in [1.165, 1.54) is 11.1 Å². The molecule has 8 heteroatoms. The highest BCUT2D eigenvalue weighted by atomic mass is 32.1. The van der Waals surface area contributed by atoms with Crippen molar-refractivity contribution in [2.75, 3.05) is 19.7 Å². The van der Waals surface area contributed by atoms with Gasteiger partial charge in [-0.25, -0.2) is 9.59 Å². The largest absolute Gasteiger partial charge is 0.467 e. The molecule has 144 valence electrons. The summed E-state index contributed by atoms with van der Waals surface area (Å²) in [7, 11) is 0. The van der Waals surface area contributed by atoms with E-state index in [0.29, 0.717) is 23.6 Å². The van der Waals surface area contributed by atoms with E-state index in [-0.39, 0.29) is 12.6 Å². The van der Waals surface area contributed by atoms with Crippen molar-refractivity contribution in [1.82, 2.24) is 15.5 Å². The van der Waals surface area contributed by atoms with Crippen LogP contribution in [0, 0.1) is 0 Å². The minimum Gasteiger partial charge on any atom is -0.467 e. The molecule has 0 aliphatic carbocycles. The van der Waals surface area contributed by atoms with Crippen molar-refractivity contribution in [2.45, 2.75) is 26.4 Å². The molecule has 1 aliphatic rings. The van der Waals surface area contributed by atoms with E-state index in [2.05, 4.69) is 21.6 Å². The third-order valence-electron chi connectivity index (χ3n) is 4.27. The van der Waals surface area contributed by atoms with E-state index in [4.69, 9.17) is 9.15 Å². The average Bonchev–Trinajstić information content (AvgIpc) is 3.34. The molecule has 2 aromatic heterocycles. The maximum atomic E-state index is 12.7. The smallest absolute Gasteiger partial charge is 0.338 e. The lowest BCUT2D eigenvalue weighted by Gasteiger charge is -2.30. The Kier molecular flexibility index (Phi) is 6.31. The van der Waals surface area contributed by atoms with E-state index in [0.717, 1.165) is 13.1 Å². The van der Waals surface area contributed by atoms with Crippen molar-refractivity contribution in [1.29, 1.82) is 0 Å². The van der Waals surface area contributed by atoms with Gasteiger partial charge in [-0.1, -0.05) is 13.0 Å². The lowest BCUT2D eigenvalue weighted by Crippen LogP contribution is -2.48. The first-order valence-corrected chi connectivity index (χ1v) is 9.76. The van der Waals surface area contributed by atoms with Crippen molar-refractivity contribution in [3.63, 3.8) is 0 Å². The molecule has 0 aromatic carbocycles. The second kappa shape index (κ2) is 8.88. The highest BCUT2D eigenvalue weighted by Gasteiger charge is 2.35. The normalized spacial score (nSPS) is 17.0. The molecule has 1 aliphatic heterocycles. The predicted molar refractivity (Wildman–Crippen MR) is 102 cm³/mol. The molecule has 27 heavy (non-hydrogen) atoms. The van der Waals surface area contributed by atoms with Crippen LogP contribution in [-0.2, 0) is 16.1 Å². The third-order valence-corrected chi connectivity index (χ3v) is 5.13. The van der Waals surface area contributed by atoms with Crippen LogP contribution >= 0.6 is 11.3 Å². The van der Waals surface area contributed by atoms with E-state index >= 15 is 0 Å². The minimum atomic E-state index is -0.678. The van der Waals surface area contributed by atoms with Crippen LogP contribution in [0.1, 0.15) is 30.5 Å². The molecule has 1 atom stereocenters. The monoisotopic (exact) mass is 389 g/mol. The van der Waals surface area contributed by atoms with Gasteiger partial charge >= 0.3 is 12.0 Å². The fraction of sp³-hybridized carbons (Fsp3) is 0.368. The highest BCUT2D eigenvalue weighted by Crippen LogP contribution is 2.28. The number of ether oxygens (including phenoxy) is 1. The average molecular weight is 389 g/mol. The number of furan rings is 1. The van der Waals surface area contributed by atoms with Crippen LogP contribution in [-0.4, -0.2) is 36.6 Å². The number of rotatable bonds is 8. The zero-order valence-electron chi connectivity index (χ0n) is 15.4. The molecule has 0 unspecified atom stereocenters. The fourth-order valence-corrected chi connectivity index (χ4v) is 3.73. The number of nitrogens with one attached hydrogen (secondary N) is 2. The Morgan fingerprint density at radius 1 is 1.30 bits per heavy atom. The Labute approximate surface area is 162 Å². The van der Waals surface area contributed by atoms with Crippen LogP contribution in [0.2, 0.25) is 0 Å². The van der Waals surface area contributed by atoms with Gasteiger partial charge in [0.05, 0.1) is 18.4 Å². The summed E-state index contributed by atoms with van der Waals surface area (Å²) in [6, 6.07) is 6.49. The molecule has 0 saturated heterocycles. The van der Waals surface area contributed by atoms with Gasteiger partial charge in [-0.15, -0.1) is 11.3 Å². The van der Waals surface area contributed by atoms with Crippen LogP contribution in [0.3, 0.4) is 0 Å². The molecule has 7 nitrogen and oxygen atoms in total. The SMILES string of the molecule is CCOC(=O)C1=C(CN(CC)Cc2cccs2)NC(=O)N[C@@H]1c1ccco1. The van der Waals surface area contributed by atoms with Gasteiger partial charge in [0.1, 0.15) is 11.8 Å². The van der Waals surface area contributed by atoms with Gasteiger partial charge in [0.2, 0.25) is 0 Å². The van der Waals surface area contributed by atoms with Gasteiger partial charge in [-0.2, -0.15) is 0 Å². The van der Waals surface area contributed by atoms with E-state index < -0.39 is 12.0 Å². The van der Waals surface area contributed by atoms with Gasteiger partial charge in [0.15, 0.2) is 0 Å². The Morgan fingerprint density at radius 2 is 2.15 bits per heavy atom. The second-order valence-electron chi connectivity index (χ2n) is 6.04. The lowest BCUT2D eigenvalue weighted by atomic mass is 10.00. The predicted octanol–water partition coefficient (Wildman–Crippen LogP) is 3.03. The maximum Gasteiger partial charge on any atom is 0.338 e. The minimum absolute atomic E-state index is 0.251. The Bertz CT molecular complexity index is 799. The summed E-state index contributed by atoms with van der Waals surface area (Å²) in [5.74, 6) is 0.0280. The van der Waals surface area contributed by atoms with Crippen LogP contribution in [0.4, 0.5) is 4.79 Å². The summed E-state index contributed by atoms with van der Waals surface area (Å²) in [6.07, 6.45) is 1.51. The standard InChI is InChI=1S/C19H23N3O4S/c1-3-22(11-13-7-6-10-27-13)12-14-16(18(23)25-4-2)17(21-19(24)20-14)15-8-5-9-26-15/h5-10,17H,3-4,11-12H2,1-2H3,(H2,20,21,24)/t17-/m1/s1. The summed E-state index contributed by atoms with van der Waals surface area (Å²) < 4.78 is 10.7. The number of amides is 2. The van der Waals surface area contributed by atoms with E-state index in [1.807, 2.05) is 18.4 Å². The highest BCUT2D eigenvalue weighted by molar-refractivity contribution is 7.09. The molecule has 3 rings (SSSR count). The first kappa shape index (κ1) is 19.2. The lowest BCUT2D eigenvalue weighted by molar-refractivity contribution is -0.139. The number of carbonyl (C=O) groups is 2. The fourth-order valence-electron chi connectivity index (χ4n) is 2.99. The summed E-state index contributed by atoms with van der Waals surface area (Å²) in [5, 5.41) is 7.58. The number of hydrogen-bond donors (Lipinski definition) is 2. The number of hydrogen-bond acceptors (Lipinski definition) is 6. The van der Waals surface area contributed by atoms with E-state index in [9.17, 15) is 9.59 Å². The quantitative estimate of drug-likeness (QED) is 0.678. The molecule has 2 aromatic rings. The van der Waals surface area contributed by atoms with Crippen molar-refractivity contribution in [2.24, 2.45) is 0 Å². The second-order valence-corrected chi connectivity index (χ2v) is 7.07. The van der Waals surface area contributed by atoms with Crippen LogP contribution in [0.5, 0.6) is 0 Å². The van der Waals surface area contributed by atoms with E-state index in [1.54, 1.807) is 30.4 Å². The molecule has 0 radical (unpaired) electrons. The molecular formula is C19H23N3O4S. The Hall–Kier alpha value is -2.58. The van der Waals surface area contributed by atoms with Crippen molar-refractivity contribution in [3.8, 4) is 0 Å². The van der Waals surface area contributed by atoms with Crippen molar-refractivity contribution >= 4 is 23.3 Å². The van der Waals surface area contributed by atoms with Gasteiger partial charge in [-0.05, 0) is 37.0 Å². The van der Waals surface area contributed by atoms with Gasteiger partial charge in [0, 0.05) is 23.7 Å². The zero-order chi connectivity index (χ0) is 19.2. The van der Waals surface area contributed by atoms with Crippen molar-refractivity contribution in [3.05, 3.63) is 57.8 Å². The number of nitrogens with zero attached hydrogens (tertiary/aromatic N) is 1. The summed E-state index contributed by atoms with van der Waals surface area (Å²) >= 11 is 1.68. The molecule has 0 fully saturated rings. The molecule has 2 amide bonds. The third kappa shape index (κ3) is 4.58. The Morgan fingerprint density at radius 3 is 2.78 bits per heavy atom. The molecular weight excluding hydrogens is 366 g/mol.